The molecule has 1 aliphatic carbocycles. The van der Waals surface area contributed by atoms with Crippen LogP contribution in [0.4, 0.5) is 4.39 Å². The molecule has 1 heterocycles. The van der Waals surface area contributed by atoms with Gasteiger partial charge in [0.2, 0.25) is 5.43 Å². The summed E-state index contributed by atoms with van der Waals surface area (Å²) >= 11 is 0. The molecule has 3 aromatic carbocycles. The molecular weight excluding hydrogens is 513 g/mol. The summed E-state index contributed by atoms with van der Waals surface area (Å²) in [4.78, 5) is 39.5. The van der Waals surface area contributed by atoms with Crippen molar-refractivity contribution in [2.45, 2.75) is 25.8 Å². The van der Waals surface area contributed by atoms with Crippen LogP contribution < -0.4 is 10.2 Å². The Morgan fingerprint density at radius 3 is 2.15 bits per heavy atom. The lowest BCUT2D eigenvalue weighted by Crippen LogP contribution is -2.22. The Hall–Kier alpha value is -4.72. The van der Waals surface area contributed by atoms with Gasteiger partial charge in [-0.2, -0.15) is 0 Å². The number of esters is 2. The molecule has 1 aliphatic rings. The number of halogens is 1. The van der Waals surface area contributed by atoms with Crippen molar-refractivity contribution < 1.29 is 28.2 Å². The Bertz CT molecular complexity index is 1690. The lowest BCUT2D eigenvalue weighted by molar-refractivity contribution is -0.133. The number of aromatic nitrogens is 1. The highest BCUT2D eigenvalue weighted by Crippen LogP contribution is 2.45. The molecule has 0 saturated heterocycles. The molecule has 204 valence electrons. The zero-order valence-corrected chi connectivity index (χ0v) is 22.4. The predicted molar refractivity (Wildman–Crippen MR) is 150 cm³/mol. The third kappa shape index (κ3) is 4.77. The van der Waals surface area contributed by atoms with Crippen molar-refractivity contribution in [1.82, 2.24) is 4.57 Å². The lowest BCUT2D eigenvalue weighted by atomic mass is 9.87. The molecule has 0 unspecified atom stereocenters. The van der Waals surface area contributed by atoms with Crippen molar-refractivity contribution in [3.8, 4) is 5.75 Å². The van der Waals surface area contributed by atoms with E-state index < -0.39 is 23.2 Å². The summed E-state index contributed by atoms with van der Waals surface area (Å²) in [6, 6.07) is 18.9. The summed E-state index contributed by atoms with van der Waals surface area (Å²) in [6.45, 7) is 1.74. The summed E-state index contributed by atoms with van der Waals surface area (Å²) in [7, 11) is 2.66. The second-order valence-corrected chi connectivity index (χ2v) is 9.37. The largest absolute Gasteiger partial charge is 0.494 e. The van der Waals surface area contributed by atoms with Gasteiger partial charge in [0.05, 0.1) is 42.9 Å². The highest BCUT2D eigenvalue weighted by atomic mass is 19.1. The first-order chi connectivity index (χ1) is 19.4. The summed E-state index contributed by atoms with van der Waals surface area (Å²) < 4.78 is 34.4. The van der Waals surface area contributed by atoms with Crippen LogP contribution in [0.3, 0.4) is 0 Å². The van der Waals surface area contributed by atoms with Gasteiger partial charge in [0.1, 0.15) is 11.4 Å². The zero-order valence-electron chi connectivity index (χ0n) is 22.4. The molecule has 0 aliphatic heterocycles. The van der Waals surface area contributed by atoms with E-state index in [0.717, 1.165) is 18.9 Å². The Morgan fingerprint density at radius 1 is 0.975 bits per heavy atom. The number of hydrogen-bond donors (Lipinski definition) is 0. The first-order valence-electron chi connectivity index (χ1n) is 13.0. The second-order valence-electron chi connectivity index (χ2n) is 9.37. The second kappa shape index (κ2) is 11.2. The Morgan fingerprint density at radius 2 is 1.60 bits per heavy atom. The molecule has 1 aromatic heterocycles. The maximum absolute atomic E-state index is 16.4. The zero-order chi connectivity index (χ0) is 28.4. The number of pyridine rings is 1. The summed E-state index contributed by atoms with van der Waals surface area (Å²) in [6.07, 6.45) is 3.10. The maximum atomic E-state index is 16.4. The van der Waals surface area contributed by atoms with Crippen molar-refractivity contribution in [2.24, 2.45) is 0 Å². The SMILES string of the molecule is CCOC(=O)c1cn(C2CC2)c2c(OC)c(/C(=C(/C(=O)OC)c3ccccc3)c3ccccc3)c(F)cc2c1=O. The van der Waals surface area contributed by atoms with Gasteiger partial charge in [-0.05, 0) is 37.0 Å². The minimum Gasteiger partial charge on any atom is -0.494 e. The molecule has 4 aromatic rings. The number of methoxy groups -OCH3 is 2. The molecule has 40 heavy (non-hydrogen) atoms. The number of carbonyl (C=O) groups is 2. The van der Waals surface area contributed by atoms with Crippen LogP contribution in [0.1, 0.15) is 52.9 Å². The van der Waals surface area contributed by atoms with Gasteiger partial charge in [0.15, 0.2) is 5.75 Å². The molecule has 5 rings (SSSR count). The van der Waals surface area contributed by atoms with Gasteiger partial charge < -0.3 is 18.8 Å². The van der Waals surface area contributed by atoms with E-state index in [9.17, 15) is 14.4 Å². The maximum Gasteiger partial charge on any atom is 0.343 e. The standard InChI is InChI=1S/C32H28FNO6/c1-4-40-31(36)23-18-34(21-15-16-21)28-22(29(23)35)17-24(33)27(30(28)38-2)25(19-11-7-5-8-12-19)26(32(37)39-3)20-13-9-6-10-14-20/h5-14,17-18,21H,4,15-16H2,1-3H3/b26-25+. The molecule has 7 nitrogen and oxygen atoms in total. The number of benzene rings is 3. The highest BCUT2D eigenvalue weighted by molar-refractivity contribution is 6.27. The van der Waals surface area contributed by atoms with Gasteiger partial charge >= 0.3 is 11.9 Å². The normalized spacial score (nSPS) is 13.5. The Kier molecular flexibility index (Phi) is 7.51. The summed E-state index contributed by atoms with van der Waals surface area (Å²) in [5.41, 5.74) is 0.963. The van der Waals surface area contributed by atoms with Crippen molar-refractivity contribution in [2.75, 3.05) is 20.8 Å². The lowest BCUT2D eigenvalue weighted by Gasteiger charge is -2.22. The minimum absolute atomic E-state index is 0.00291. The molecule has 8 heteroatoms. The van der Waals surface area contributed by atoms with Crippen LogP contribution in [0.2, 0.25) is 0 Å². The minimum atomic E-state index is -0.791. The van der Waals surface area contributed by atoms with Gasteiger partial charge in [-0.3, -0.25) is 4.79 Å². The number of nitrogens with zero attached hydrogens (tertiary/aromatic N) is 1. The fraction of sp³-hybridized carbons (Fsp3) is 0.219. The van der Waals surface area contributed by atoms with Gasteiger partial charge in [0.25, 0.3) is 0 Å². The Labute approximate surface area is 230 Å². The molecule has 0 spiro atoms. The van der Waals surface area contributed by atoms with Crippen molar-refractivity contribution in [3.05, 3.63) is 111 Å². The first kappa shape index (κ1) is 26.9. The number of ether oxygens (including phenoxy) is 3. The molecule has 0 amide bonds. The summed E-state index contributed by atoms with van der Waals surface area (Å²) in [5, 5.41) is -0.0118. The fourth-order valence-corrected chi connectivity index (χ4v) is 4.97. The highest BCUT2D eigenvalue weighted by Gasteiger charge is 2.33. The van der Waals surface area contributed by atoms with E-state index in [0.29, 0.717) is 16.6 Å². The van der Waals surface area contributed by atoms with Crippen LogP contribution in [-0.2, 0) is 14.3 Å². The molecule has 0 radical (unpaired) electrons. The summed E-state index contributed by atoms with van der Waals surface area (Å²) in [5.74, 6) is -2.15. The van der Waals surface area contributed by atoms with Gasteiger partial charge in [-0.25, -0.2) is 14.0 Å². The first-order valence-corrected chi connectivity index (χ1v) is 13.0. The predicted octanol–water partition coefficient (Wildman–Crippen LogP) is 5.79. The van der Waals surface area contributed by atoms with Crippen molar-refractivity contribution >= 4 is 34.0 Å². The quantitative estimate of drug-likeness (QED) is 0.159. The smallest absolute Gasteiger partial charge is 0.343 e. The molecule has 1 fully saturated rings. The molecule has 0 atom stereocenters. The number of rotatable bonds is 8. The number of hydrogen-bond acceptors (Lipinski definition) is 6. The van der Waals surface area contributed by atoms with Crippen LogP contribution >= 0.6 is 0 Å². The third-order valence-corrected chi connectivity index (χ3v) is 6.88. The van der Waals surface area contributed by atoms with Gasteiger partial charge in [-0.15, -0.1) is 0 Å². The van der Waals surface area contributed by atoms with E-state index in [1.54, 1.807) is 60.0 Å². The number of carbonyl (C=O) groups excluding carboxylic acids is 2. The van der Waals surface area contributed by atoms with Crippen molar-refractivity contribution in [1.29, 1.82) is 0 Å². The van der Waals surface area contributed by atoms with Crippen molar-refractivity contribution in [3.63, 3.8) is 0 Å². The fourth-order valence-electron chi connectivity index (χ4n) is 4.97. The van der Waals surface area contributed by atoms with Gasteiger partial charge in [-0.1, -0.05) is 60.7 Å². The van der Waals surface area contributed by atoms with E-state index in [-0.39, 0.29) is 46.1 Å². The third-order valence-electron chi connectivity index (χ3n) is 6.88. The molecule has 1 saturated carbocycles. The van der Waals surface area contributed by atoms with E-state index in [1.165, 1.54) is 20.4 Å². The van der Waals surface area contributed by atoms with Crippen LogP contribution in [0.15, 0.2) is 77.7 Å². The molecular formula is C32H28FNO6. The topological polar surface area (TPSA) is 83.8 Å². The van der Waals surface area contributed by atoms with Crippen LogP contribution in [0.5, 0.6) is 5.75 Å². The van der Waals surface area contributed by atoms with E-state index >= 15 is 4.39 Å². The van der Waals surface area contributed by atoms with Crippen LogP contribution in [-0.4, -0.2) is 37.3 Å². The van der Waals surface area contributed by atoms with E-state index in [2.05, 4.69) is 0 Å². The Balaban J connectivity index is 1.96. The van der Waals surface area contributed by atoms with Crippen LogP contribution in [0, 0.1) is 5.82 Å². The average Bonchev–Trinajstić information content (AvgIpc) is 3.82. The van der Waals surface area contributed by atoms with E-state index in [1.807, 2.05) is 12.1 Å². The average molecular weight is 542 g/mol. The van der Waals surface area contributed by atoms with Crippen LogP contribution in [0.25, 0.3) is 22.0 Å². The monoisotopic (exact) mass is 541 g/mol. The molecule has 0 bridgehead atoms. The number of fused-ring (bicyclic) bond motifs is 1. The molecule has 0 N–H and O–H groups in total. The van der Waals surface area contributed by atoms with Gasteiger partial charge in [0, 0.05) is 17.8 Å². The van der Waals surface area contributed by atoms with E-state index in [4.69, 9.17) is 14.2 Å².